The zero-order chi connectivity index (χ0) is 20.6. The van der Waals surface area contributed by atoms with E-state index >= 15 is 0 Å². The molecule has 8 heteroatoms. The highest BCUT2D eigenvalue weighted by Gasteiger charge is 2.47. The zero-order valence-electron chi connectivity index (χ0n) is 15.5. The second-order valence-electron chi connectivity index (χ2n) is 7.21. The van der Waals surface area contributed by atoms with Crippen LogP contribution >= 0.6 is 46.6 Å². The lowest BCUT2D eigenvalue weighted by Gasteiger charge is -2.44. The fourth-order valence-electron chi connectivity index (χ4n) is 4.01. The fraction of sp³-hybridized carbons (Fsp3) is 0.333. The third kappa shape index (κ3) is 4.24. The molecule has 0 bridgehead atoms. The van der Waals surface area contributed by atoms with Gasteiger partial charge in [-0.1, -0.05) is 40.9 Å². The Bertz CT molecular complexity index is 940. The summed E-state index contributed by atoms with van der Waals surface area (Å²) in [6.07, 6.45) is 1.45. The Labute approximate surface area is 189 Å². The Kier molecular flexibility index (Phi) is 6.03. The molecule has 0 aromatic heterocycles. The molecule has 152 valence electrons. The molecule has 2 aromatic rings. The van der Waals surface area contributed by atoms with Crippen molar-refractivity contribution in [2.75, 3.05) is 25.4 Å². The normalized spacial score (nSPS) is 18.3. The van der Waals surface area contributed by atoms with Crippen LogP contribution in [0.25, 0.3) is 0 Å². The zero-order valence-corrected chi connectivity index (χ0v) is 18.6. The minimum atomic E-state index is -0.276. The first-order valence-corrected chi connectivity index (χ1v) is 11.5. The number of thioether (sulfide) groups is 1. The Hall–Kier alpha value is -1.40. The van der Waals surface area contributed by atoms with Gasteiger partial charge in [0.05, 0.1) is 4.87 Å². The predicted octanol–water partition coefficient (Wildman–Crippen LogP) is 5.47. The summed E-state index contributed by atoms with van der Waals surface area (Å²) in [6.45, 7) is 1.86. The number of carbonyl (C=O) groups is 2. The number of likely N-dealkylation sites (tertiary alicyclic amines) is 1. The maximum absolute atomic E-state index is 13.1. The smallest absolute Gasteiger partial charge is 0.255 e. The van der Waals surface area contributed by atoms with Crippen molar-refractivity contribution in [2.24, 2.45) is 0 Å². The summed E-state index contributed by atoms with van der Waals surface area (Å²) in [5.74, 6) is 0.809. The van der Waals surface area contributed by atoms with Crippen LogP contribution in [0.5, 0.6) is 0 Å². The van der Waals surface area contributed by atoms with Crippen molar-refractivity contribution in [1.29, 1.82) is 0 Å². The number of hydrogen-bond acceptors (Lipinski definition) is 3. The molecule has 2 amide bonds. The van der Waals surface area contributed by atoms with Crippen molar-refractivity contribution in [3.05, 3.63) is 68.7 Å². The first-order chi connectivity index (χ1) is 13.9. The highest BCUT2D eigenvalue weighted by molar-refractivity contribution is 8.00. The summed E-state index contributed by atoms with van der Waals surface area (Å²) in [5, 5.41) is 1.44. The van der Waals surface area contributed by atoms with Gasteiger partial charge in [0, 0.05) is 51.6 Å². The summed E-state index contributed by atoms with van der Waals surface area (Å²) < 4.78 is 0. The van der Waals surface area contributed by atoms with Gasteiger partial charge >= 0.3 is 0 Å². The highest BCUT2D eigenvalue weighted by atomic mass is 35.5. The third-order valence-corrected chi connectivity index (χ3v) is 7.66. The lowest BCUT2D eigenvalue weighted by atomic mass is 10.00. The molecular weight excluding hydrogens is 451 g/mol. The largest absolute Gasteiger partial charge is 0.338 e. The van der Waals surface area contributed by atoms with E-state index in [-0.39, 0.29) is 16.7 Å². The Morgan fingerprint density at radius 3 is 2.14 bits per heavy atom. The van der Waals surface area contributed by atoms with Crippen LogP contribution in [0.3, 0.4) is 0 Å². The molecule has 0 aliphatic carbocycles. The second kappa shape index (κ2) is 8.38. The van der Waals surface area contributed by atoms with Gasteiger partial charge in [-0.05, 0) is 49.2 Å². The molecule has 2 fully saturated rings. The van der Waals surface area contributed by atoms with Gasteiger partial charge in [-0.15, -0.1) is 11.8 Å². The maximum Gasteiger partial charge on any atom is 0.255 e. The van der Waals surface area contributed by atoms with Crippen LogP contribution < -0.4 is 0 Å². The topological polar surface area (TPSA) is 40.6 Å². The molecule has 0 radical (unpaired) electrons. The van der Waals surface area contributed by atoms with E-state index < -0.39 is 0 Å². The van der Waals surface area contributed by atoms with E-state index in [1.54, 1.807) is 42.5 Å². The van der Waals surface area contributed by atoms with Crippen molar-refractivity contribution in [3.8, 4) is 0 Å². The molecule has 4 nitrogen and oxygen atoms in total. The number of piperidine rings is 1. The van der Waals surface area contributed by atoms with E-state index in [1.807, 2.05) is 21.6 Å². The van der Waals surface area contributed by atoms with Crippen molar-refractivity contribution >= 4 is 58.4 Å². The van der Waals surface area contributed by atoms with Gasteiger partial charge in [0.2, 0.25) is 0 Å². The van der Waals surface area contributed by atoms with Crippen molar-refractivity contribution < 1.29 is 9.59 Å². The third-order valence-electron chi connectivity index (χ3n) is 5.44. The first-order valence-electron chi connectivity index (χ1n) is 9.35. The molecule has 2 aliphatic rings. The molecule has 29 heavy (non-hydrogen) atoms. The summed E-state index contributed by atoms with van der Waals surface area (Å²) >= 11 is 20.0. The number of benzene rings is 2. The van der Waals surface area contributed by atoms with Crippen LogP contribution in [0.1, 0.15) is 33.6 Å². The molecule has 2 heterocycles. The highest BCUT2D eigenvalue weighted by Crippen LogP contribution is 2.44. The van der Waals surface area contributed by atoms with Gasteiger partial charge in [0.1, 0.15) is 0 Å². The van der Waals surface area contributed by atoms with Crippen molar-refractivity contribution in [3.63, 3.8) is 0 Å². The van der Waals surface area contributed by atoms with Crippen LogP contribution in [-0.4, -0.2) is 51.9 Å². The van der Waals surface area contributed by atoms with Crippen molar-refractivity contribution in [2.45, 2.75) is 17.7 Å². The predicted molar refractivity (Wildman–Crippen MR) is 119 cm³/mol. The lowest BCUT2D eigenvalue weighted by molar-refractivity contribution is 0.0498. The van der Waals surface area contributed by atoms with Gasteiger partial charge in [-0.25, -0.2) is 0 Å². The van der Waals surface area contributed by atoms with Gasteiger partial charge in [-0.2, -0.15) is 0 Å². The summed E-state index contributed by atoms with van der Waals surface area (Å²) in [4.78, 5) is 29.5. The summed E-state index contributed by atoms with van der Waals surface area (Å²) in [5.41, 5.74) is 1.09. The molecule has 4 rings (SSSR count). The monoisotopic (exact) mass is 468 g/mol. The molecule has 0 saturated carbocycles. The number of nitrogens with zero attached hydrogens (tertiary/aromatic N) is 2. The first kappa shape index (κ1) is 20.9. The van der Waals surface area contributed by atoms with Gasteiger partial charge in [0.15, 0.2) is 0 Å². The SMILES string of the molecule is O=C(c1cc(Cl)cc(Cl)c1)N1CCC2(CC1)SCCN2C(=O)c1cccc(Cl)c1. The maximum atomic E-state index is 13.1. The molecule has 0 atom stereocenters. The molecule has 0 N–H and O–H groups in total. The average molecular weight is 470 g/mol. The number of rotatable bonds is 2. The molecule has 2 saturated heterocycles. The Morgan fingerprint density at radius 1 is 0.828 bits per heavy atom. The van der Waals surface area contributed by atoms with Gasteiger partial charge in [0.25, 0.3) is 11.8 Å². The summed E-state index contributed by atoms with van der Waals surface area (Å²) in [6, 6.07) is 12.0. The minimum Gasteiger partial charge on any atom is -0.338 e. The molecule has 1 spiro atoms. The van der Waals surface area contributed by atoms with E-state index in [9.17, 15) is 9.59 Å². The van der Waals surface area contributed by atoms with Gasteiger partial charge in [-0.3, -0.25) is 9.59 Å². The number of carbonyl (C=O) groups excluding carboxylic acids is 2. The lowest BCUT2D eigenvalue weighted by Crippen LogP contribution is -2.53. The van der Waals surface area contributed by atoms with E-state index in [4.69, 9.17) is 34.8 Å². The Morgan fingerprint density at radius 2 is 1.48 bits per heavy atom. The van der Waals surface area contributed by atoms with Crippen LogP contribution in [0.15, 0.2) is 42.5 Å². The standard InChI is InChI=1S/C21H19Cl3N2O2S/c22-16-3-1-2-14(10-16)20(28)26-8-9-29-21(26)4-6-25(7-5-21)19(27)15-11-17(23)13-18(24)12-15/h1-3,10-13H,4-9H2. The van der Waals surface area contributed by atoms with Crippen LogP contribution in [0, 0.1) is 0 Å². The van der Waals surface area contributed by atoms with Crippen LogP contribution in [0.2, 0.25) is 15.1 Å². The van der Waals surface area contributed by atoms with E-state index in [0.29, 0.717) is 45.8 Å². The van der Waals surface area contributed by atoms with Crippen LogP contribution in [0.4, 0.5) is 0 Å². The van der Waals surface area contributed by atoms with Crippen LogP contribution in [-0.2, 0) is 0 Å². The average Bonchev–Trinajstić information content (AvgIpc) is 3.09. The summed E-state index contributed by atoms with van der Waals surface area (Å²) in [7, 11) is 0. The number of amides is 2. The molecular formula is C21H19Cl3N2O2S. The Balaban J connectivity index is 1.48. The number of halogens is 3. The van der Waals surface area contributed by atoms with E-state index in [0.717, 1.165) is 18.6 Å². The molecule has 0 unspecified atom stereocenters. The quantitative estimate of drug-likeness (QED) is 0.586. The fourth-order valence-corrected chi connectivity index (χ4v) is 6.18. The van der Waals surface area contributed by atoms with E-state index in [2.05, 4.69) is 0 Å². The molecule has 2 aromatic carbocycles. The van der Waals surface area contributed by atoms with Crippen molar-refractivity contribution in [1.82, 2.24) is 9.80 Å². The second-order valence-corrected chi connectivity index (χ2v) is 9.98. The van der Waals surface area contributed by atoms with E-state index in [1.165, 1.54) is 0 Å². The number of hydrogen-bond donors (Lipinski definition) is 0. The minimum absolute atomic E-state index is 0.00102. The molecule has 2 aliphatic heterocycles. The van der Waals surface area contributed by atoms with Gasteiger partial charge < -0.3 is 9.80 Å².